The van der Waals surface area contributed by atoms with E-state index in [0.717, 1.165) is 12.8 Å². The Bertz CT molecular complexity index is 504. The molecule has 0 saturated carbocycles. The van der Waals surface area contributed by atoms with Crippen molar-refractivity contribution >= 4 is 11.6 Å². The van der Waals surface area contributed by atoms with Gasteiger partial charge in [0.05, 0.1) is 0 Å². The van der Waals surface area contributed by atoms with Crippen LogP contribution < -0.4 is 0 Å². The van der Waals surface area contributed by atoms with Gasteiger partial charge in [0.15, 0.2) is 0 Å². The van der Waals surface area contributed by atoms with E-state index in [4.69, 9.17) is 11.6 Å². The Hall–Kier alpha value is -1.27. The number of hydrogen-bond donors (Lipinski definition) is 0. The second-order valence-electron chi connectivity index (χ2n) is 4.64. The summed E-state index contributed by atoms with van der Waals surface area (Å²) < 4.78 is 0. The molecule has 1 heteroatoms. The van der Waals surface area contributed by atoms with Crippen LogP contribution >= 0.6 is 11.6 Å². The van der Waals surface area contributed by atoms with Crippen molar-refractivity contribution in [3.05, 3.63) is 71.3 Å². The van der Waals surface area contributed by atoms with Gasteiger partial charge in [0.1, 0.15) is 0 Å². The highest BCUT2D eigenvalue weighted by Crippen LogP contribution is 2.39. The lowest BCUT2D eigenvalue weighted by molar-refractivity contribution is 0.625. The fraction of sp³-hybridized carbons (Fsp3) is 0.250. The van der Waals surface area contributed by atoms with Crippen LogP contribution in [-0.2, 0) is 6.42 Å². The zero-order valence-electron chi connectivity index (χ0n) is 9.64. The maximum Gasteiger partial charge on any atom is 0.0448 e. The van der Waals surface area contributed by atoms with Gasteiger partial charge in [-0.05, 0) is 29.5 Å². The van der Waals surface area contributed by atoms with Gasteiger partial charge in [0.2, 0.25) is 0 Å². The molecule has 0 bridgehead atoms. The first-order valence-corrected chi connectivity index (χ1v) is 6.57. The maximum absolute atomic E-state index is 6.54. The van der Waals surface area contributed by atoms with E-state index in [2.05, 4.69) is 54.6 Å². The Morgan fingerprint density at radius 3 is 2.41 bits per heavy atom. The van der Waals surface area contributed by atoms with Gasteiger partial charge >= 0.3 is 0 Å². The Kier molecular flexibility index (Phi) is 2.90. The second-order valence-corrected chi connectivity index (χ2v) is 5.20. The van der Waals surface area contributed by atoms with Gasteiger partial charge in [-0.15, -0.1) is 11.6 Å². The van der Waals surface area contributed by atoms with Crippen molar-refractivity contribution in [3.8, 4) is 0 Å². The Balaban J connectivity index is 2.10. The molecule has 0 aliphatic heterocycles. The molecule has 0 saturated heterocycles. The summed E-state index contributed by atoms with van der Waals surface area (Å²) in [5.74, 6) is 0.350. The molecule has 86 valence electrons. The van der Waals surface area contributed by atoms with Gasteiger partial charge in [-0.3, -0.25) is 0 Å². The predicted octanol–water partition coefficient (Wildman–Crippen LogP) is 4.37. The quantitative estimate of drug-likeness (QED) is 0.652. The van der Waals surface area contributed by atoms with Gasteiger partial charge in [0, 0.05) is 11.3 Å². The SMILES string of the molecule is Cl[C@@H]1CCc2ccccc2[C@H]1c1ccccc1. The number of fused-ring (bicyclic) bond motifs is 1. The average molecular weight is 243 g/mol. The van der Waals surface area contributed by atoms with Gasteiger partial charge in [-0.2, -0.15) is 0 Å². The van der Waals surface area contributed by atoms with Crippen LogP contribution in [0.5, 0.6) is 0 Å². The first kappa shape index (κ1) is 10.9. The number of hydrogen-bond acceptors (Lipinski definition) is 0. The lowest BCUT2D eigenvalue weighted by atomic mass is 9.78. The summed E-state index contributed by atoms with van der Waals surface area (Å²) in [6.07, 6.45) is 2.17. The molecule has 0 radical (unpaired) electrons. The first-order chi connectivity index (χ1) is 8.36. The van der Waals surface area contributed by atoms with Crippen LogP contribution in [0.25, 0.3) is 0 Å². The molecule has 0 nitrogen and oxygen atoms in total. The standard InChI is InChI=1S/C16H15Cl/c17-15-11-10-12-6-4-5-9-14(12)16(15)13-7-2-1-3-8-13/h1-9,15-16H,10-11H2/t15-,16-/m1/s1. The smallest absolute Gasteiger partial charge is 0.0448 e. The van der Waals surface area contributed by atoms with E-state index in [1.165, 1.54) is 16.7 Å². The van der Waals surface area contributed by atoms with E-state index in [0.29, 0.717) is 5.92 Å². The van der Waals surface area contributed by atoms with Gasteiger partial charge < -0.3 is 0 Å². The summed E-state index contributed by atoms with van der Waals surface area (Å²) in [7, 11) is 0. The molecule has 2 atom stereocenters. The van der Waals surface area contributed by atoms with Crippen LogP contribution in [0, 0.1) is 0 Å². The molecule has 0 aromatic heterocycles. The molecule has 1 aliphatic rings. The lowest BCUT2D eigenvalue weighted by Gasteiger charge is -2.30. The van der Waals surface area contributed by atoms with E-state index in [1.807, 2.05) is 0 Å². The summed E-state index contributed by atoms with van der Waals surface area (Å²) in [4.78, 5) is 0. The van der Waals surface area contributed by atoms with Crippen molar-refractivity contribution in [2.75, 3.05) is 0 Å². The molecule has 1 aliphatic carbocycles. The minimum Gasteiger partial charge on any atom is -0.122 e. The van der Waals surface area contributed by atoms with E-state index < -0.39 is 0 Å². The number of halogens is 1. The highest BCUT2D eigenvalue weighted by Gasteiger charge is 2.28. The molecule has 3 rings (SSSR count). The molecule has 0 unspecified atom stereocenters. The number of rotatable bonds is 1. The third kappa shape index (κ3) is 1.98. The summed E-state index contributed by atoms with van der Waals surface area (Å²) in [5.41, 5.74) is 4.20. The number of benzene rings is 2. The molecule has 17 heavy (non-hydrogen) atoms. The van der Waals surface area contributed by atoms with Gasteiger partial charge in [0.25, 0.3) is 0 Å². The summed E-state index contributed by atoms with van der Waals surface area (Å²) in [6.45, 7) is 0. The summed E-state index contributed by atoms with van der Waals surface area (Å²) in [6, 6.07) is 19.3. The zero-order chi connectivity index (χ0) is 11.7. The molecule has 0 heterocycles. The fourth-order valence-corrected chi connectivity index (χ4v) is 3.16. The molecular weight excluding hydrogens is 228 g/mol. The van der Waals surface area contributed by atoms with E-state index in [1.54, 1.807) is 0 Å². The Morgan fingerprint density at radius 2 is 1.59 bits per heavy atom. The predicted molar refractivity (Wildman–Crippen MR) is 72.7 cm³/mol. The van der Waals surface area contributed by atoms with Crippen LogP contribution in [0.2, 0.25) is 0 Å². The largest absolute Gasteiger partial charge is 0.122 e. The zero-order valence-corrected chi connectivity index (χ0v) is 10.4. The van der Waals surface area contributed by atoms with Crippen molar-refractivity contribution in [2.45, 2.75) is 24.1 Å². The third-order valence-electron chi connectivity index (χ3n) is 3.60. The van der Waals surface area contributed by atoms with Crippen LogP contribution in [0.4, 0.5) is 0 Å². The Morgan fingerprint density at radius 1 is 0.882 bits per heavy atom. The van der Waals surface area contributed by atoms with E-state index >= 15 is 0 Å². The summed E-state index contributed by atoms with van der Waals surface area (Å²) >= 11 is 6.54. The maximum atomic E-state index is 6.54. The molecule has 0 spiro atoms. The van der Waals surface area contributed by atoms with E-state index in [-0.39, 0.29) is 5.38 Å². The molecule has 0 amide bonds. The average Bonchev–Trinajstić information content (AvgIpc) is 2.39. The summed E-state index contributed by atoms with van der Waals surface area (Å²) in [5, 5.41) is 0.215. The highest BCUT2D eigenvalue weighted by molar-refractivity contribution is 6.21. The van der Waals surface area contributed by atoms with E-state index in [9.17, 15) is 0 Å². The number of aryl methyl sites for hydroxylation is 1. The van der Waals surface area contributed by atoms with Crippen LogP contribution in [0.1, 0.15) is 29.0 Å². The first-order valence-electron chi connectivity index (χ1n) is 6.13. The topological polar surface area (TPSA) is 0 Å². The lowest BCUT2D eigenvalue weighted by Crippen LogP contribution is -2.21. The molecular formula is C16H15Cl. The molecule has 2 aromatic carbocycles. The minimum absolute atomic E-state index is 0.215. The van der Waals surface area contributed by atoms with Crippen molar-refractivity contribution < 1.29 is 0 Å². The van der Waals surface area contributed by atoms with Crippen molar-refractivity contribution in [1.82, 2.24) is 0 Å². The molecule has 2 aromatic rings. The van der Waals surface area contributed by atoms with Crippen molar-refractivity contribution in [3.63, 3.8) is 0 Å². The highest BCUT2D eigenvalue weighted by atomic mass is 35.5. The van der Waals surface area contributed by atoms with Crippen LogP contribution in [0.15, 0.2) is 54.6 Å². The van der Waals surface area contributed by atoms with Gasteiger partial charge in [-0.1, -0.05) is 54.6 Å². The van der Waals surface area contributed by atoms with Crippen molar-refractivity contribution in [1.29, 1.82) is 0 Å². The molecule has 0 N–H and O–H groups in total. The third-order valence-corrected chi connectivity index (χ3v) is 4.07. The monoisotopic (exact) mass is 242 g/mol. The number of alkyl halides is 1. The second kappa shape index (κ2) is 4.54. The normalized spacial score (nSPS) is 23.1. The minimum atomic E-state index is 0.215. The van der Waals surface area contributed by atoms with Crippen LogP contribution in [-0.4, -0.2) is 5.38 Å². The van der Waals surface area contributed by atoms with Crippen molar-refractivity contribution in [2.24, 2.45) is 0 Å². The Labute approximate surface area is 107 Å². The van der Waals surface area contributed by atoms with Gasteiger partial charge in [-0.25, -0.2) is 0 Å². The molecule has 0 fully saturated rings. The van der Waals surface area contributed by atoms with Crippen LogP contribution in [0.3, 0.4) is 0 Å². The fourth-order valence-electron chi connectivity index (χ4n) is 2.77.